The molecule has 0 fully saturated rings. The molecule has 0 bridgehead atoms. The van der Waals surface area contributed by atoms with E-state index in [0.29, 0.717) is 12.7 Å². The Hall–Kier alpha value is -1.16. The maximum Gasteiger partial charge on any atom is 0.236 e. The van der Waals surface area contributed by atoms with Gasteiger partial charge in [0.25, 0.3) is 0 Å². The van der Waals surface area contributed by atoms with Crippen molar-refractivity contribution in [3.05, 3.63) is 121 Å². The number of hydrogen-bond donors (Lipinski definition) is 2. The molecule has 2 atom stereocenters. The number of thiol groups is 2. The van der Waals surface area contributed by atoms with Crippen LogP contribution in [0.1, 0.15) is 0 Å². The highest BCUT2D eigenvalue weighted by Crippen LogP contribution is 2.56. The third-order valence-electron chi connectivity index (χ3n) is 4.85. The normalized spacial score (nSPS) is 14.6. The van der Waals surface area contributed by atoms with Gasteiger partial charge in [0, 0.05) is 34.9 Å². The van der Waals surface area contributed by atoms with E-state index in [1.54, 1.807) is 0 Å². The molecule has 0 radical (unpaired) electrons. The Morgan fingerprint density at radius 2 is 0.788 bits per heavy atom. The van der Waals surface area contributed by atoms with Gasteiger partial charge in [-0.3, -0.25) is 0 Å². The van der Waals surface area contributed by atoms with E-state index in [0.717, 1.165) is 0 Å². The monoisotopic (exact) mass is 544 g/mol. The maximum absolute atomic E-state index is 6.52. The summed E-state index contributed by atoms with van der Waals surface area (Å²) in [7, 11) is 3.65. The summed E-state index contributed by atoms with van der Waals surface area (Å²) in [6, 6.07) is 42.0. The predicted molar refractivity (Wildman–Crippen MR) is 159 cm³/mol. The Labute approximate surface area is 214 Å². The van der Waals surface area contributed by atoms with Crippen molar-refractivity contribution in [2.75, 3.05) is 12.7 Å². The molecular weight excluding hydrogens is 519 g/mol. The summed E-state index contributed by atoms with van der Waals surface area (Å²) in [6.07, 6.45) is 1.15. The highest BCUT2D eigenvalue weighted by molar-refractivity contribution is 8.69. The molecule has 0 aliphatic heterocycles. The van der Waals surface area contributed by atoms with E-state index in [2.05, 4.69) is 97.1 Å². The van der Waals surface area contributed by atoms with Crippen molar-refractivity contribution in [3.8, 4) is 0 Å². The molecule has 0 saturated carbocycles. The zero-order valence-corrected chi connectivity index (χ0v) is 23.2. The smallest absolute Gasteiger partial charge is 0.236 e. The second-order valence-corrected chi connectivity index (χ2v) is 23.6. The van der Waals surface area contributed by atoms with Gasteiger partial charge in [-0.25, -0.2) is 0 Å². The Bertz CT molecular complexity index is 1160. The van der Waals surface area contributed by atoms with E-state index in [-0.39, 0.29) is 0 Å². The largest absolute Gasteiger partial charge is 0.360 e. The van der Waals surface area contributed by atoms with Crippen molar-refractivity contribution >= 4 is 67.5 Å². The van der Waals surface area contributed by atoms with Gasteiger partial charge >= 0.3 is 0 Å². The number of benzene rings is 4. The third-order valence-corrected chi connectivity index (χ3v) is 18.2. The van der Waals surface area contributed by atoms with Gasteiger partial charge in [-0.1, -0.05) is 97.3 Å². The molecule has 0 spiro atoms. The number of rotatable bonds is 8. The maximum atomic E-state index is 6.52. The van der Waals surface area contributed by atoms with E-state index >= 15 is 0 Å². The summed E-state index contributed by atoms with van der Waals surface area (Å²) >= 11 is 10.5. The summed E-state index contributed by atoms with van der Waals surface area (Å²) in [4.78, 5) is 2.42. The zero-order chi connectivity index (χ0) is 23.0. The first-order valence-electron chi connectivity index (χ1n) is 10.5. The van der Waals surface area contributed by atoms with E-state index in [4.69, 9.17) is 29.2 Å². The van der Waals surface area contributed by atoms with Crippen molar-refractivity contribution in [3.63, 3.8) is 0 Å². The van der Waals surface area contributed by atoms with Gasteiger partial charge in [0.2, 0.25) is 42.2 Å². The molecule has 4 aromatic rings. The second-order valence-electron chi connectivity index (χ2n) is 7.35. The van der Waals surface area contributed by atoms with Crippen molar-refractivity contribution in [1.29, 1.82) is 0 Å². The highest BCUT2D eigenvalue weighted by Gasteiger charge is 2.34. The lowest BCUT2D eigenvalue weighted by atomic mass is 10.4. The predicted octanol–water partition coefficient (Wildman–Crippen LogP) is 7.41. The SMILES string of the molecule is SP(COCP(S)(=[S+]c1ccccc1)c1ccccc1)(=[S+]c1ccccc1)c1ccccc1. The standard InChI is InChI=1S/C26H26OP2S4/c30-28(23-13-5-1-6-14-23,32-25-17-9-3-10-18-25)21-27-22-29(31,24-15-7-2-8-16-24)33-26-19-11-4-12-20-26/h1-20,30-31H,21-22H2/q+2. The fourth-order valence-electron chi connectivity index (χ4n) is 3.23. The first-order valence-corrected chi connectivity index (χ1v) is 19.6. The third kappa shape index (κ3) is 6.93. The Balaban J connectivity index is 1.66. The van der Waals surface area contributed by atoms with Crippen LogP contribution in [0.4, 0.5) is 0 Å². The van der Waals surface area contributed by atoms with Crippen molar-refractivity contribution < 1.29 is 4.74 Å². The molecule has 0 amide bonds. The van der Waals surface area contributed by atoms with Crippen LogP contribution in [0.15, 0.2) is 131 Å². The average Bonchev–Trinajstić information content (AvgIpc) is 2.86. The van der Waals surface area contributed by atoms with Crippen LogP contribution in [0.5, 0.6) is 0 Å². The van der Waals surface area contributed by atoms with E-state index < -0.39 is 10.5 Å². The lowest BCUT2D eigenvalue weighted by molar-refractivity contribution is 0.236. The summed E-state index contributed by atoms with van der Waals surface area (Å²) in [5, 5.41) is -1.41. The molecule has 1 nitrogen and oxygen atoms in total. The zero-order valence-electron chi connectivity index (χ0n) is 18.0. The van der Waals surface area contributed by atoms with Crippen LogP contribution >= 0.6 is 35.0 Å². The molecule has 4 aromatic carbocycles. The average molecular weight is 545 g/mol. The number of hydrogen-bond acceptors (Lipinski definition) is 1. The van der Waals surface area contributed by atoms with Crippen molar-refractivity contribution in [1.82, 2.24) is 0 Å². The van der Waals surface area contributed by atoms with E-state index in [1.807, 2.05) is 46.1 Å². The van der Waals surface area contributed by atoms with E-state index in [1.165, 1.54) is 20.4 Å². The molecule has 33 heavy (non-hydrogen) atoms. The summed E-state index contributed by atoms with van der Waals surface area (Å²) in [5.74, 6) is 0. The topological polar surface area (TPSA) is 9.23 Å². The van der Waals surface area contributed by atoms with Gasteiger partial charge in [0.1, 0.15) is 12.7 Å². The lowest BCUT2D eigenvalue weighted by Gasteiger charge is -2.14. The van der Waals surface area contributed by atoms with Crippen LogP contribution in [-0.2, 0) is 26.6 Å². The van der Waals surface area contributed by atoms with Gasteiger partial charge in [-0.15, -0.1) is 0 Å². The first-order chi connectivity index (χ1) is 16.1. The summed E-state index contributed by atoms with van der Waals surface area (Å²) in [6.45, 7) is 0. The molecule has 0 aliphatic rings. The summed E-state index contributed by atoms with van der Waals surface area (Å²) in [5.41, 5.74) is 0. The van der Waals surface area contributed by atoms with Crippen LogP contribution in [-0.4, -0.2) is 12.7 Å². The van der Waals surface area contributed by atoms with Crippen LogP contribution < -0.4 is 10.6 Å². The van der Waals surface area contributed by atoms with Gasteiger partial charge < -0.3 is 4.74 Å². The molecule has 0 aliphatic carbocycles. The van der Waals surface area contributed by atoms with Crippen molar-refractivity contribution in [2.24, 2.45) is 0 Å². The molecule has 168 valence electrons. The van der Waals surface area contributed by atoms with Gasteiger partial charge in [-0.2, -0.15) is 0 Å². The first kappa shape index (κ1) is 24.9. The van der Waals surface area contributed by atoms with Crippen molar-refractivity contribution in [2.45, 2.75) is 9.79 Å². The lowest BCUT2D eigenvalue weighted by Crippen LogP contribution is -2.10. The van der Waals surface area contributed by atoms with Crippen LogP contribution in [0.25, 0.3) is 0 Å². The second kappa shape index (κ2) is 12.0. The minimum absolute atomic E-state index is 0.574. The Morgan fingerprint density at radius 1 is 0.485 bits per heavy atom. The molecule has 0 saturated heterocycles. The quantitative estimate of drug-likeness (QED) is 0.133. The Morgan fingerprint density at radius 3 is 1.12 bits per heavy atom. The molecule has 0 aromatic heterocycles. The Kier molecular flexibility index (Phi) is 9.07. The minimum atomic E-state index is -1.94. The summed E-state index contributed by atoms with van der Waals surface area (Å²) < 4.78 is 6.52. The molecule has 7 heteroatoms. The fourth-order valence-corrected chi connectivity index (χ4v) is 15.1. The molecule has 0 N–H and O–H groups in total. The number of ether oxygens (including phenoxy) is 1. The van der Waals surface area contributed by atoms with E-state index in [9.17, 15) is 0 Å². The minimum Gasteiger partial charge on any atom is -0.360 e. The van der Waals surface area contributed by atoms with Gasteiger partial charge in [0.15, 0.2) is 0 Å². The van der Waals surface area contributed by atoms with Crippen LogP contribution in [0.3, 0.4) is 0 Å². The molecule has 0 heterocycles. The van der Waals surface area contributed by atoms with Gasteiger partial charge in [0.05, 0.1) is 0 Å². The fraction of sp³-hybridized carbons (Fsp3) is 0.0769. The molecular formula is C26H26OP2S4+2. The molecule has 4 rings (SSSR count). The van der Waals surface area contributed by atoms with Crippen LogP contribution in [0.2, 0.25) is 0 Å². The van der Waals surface area contributed by atoms with Crippen LogP contribution in [0, 0.1) is 0 Å². The highest BCUT2D eigenvalue weighted by atomic mass is 32.9. The molecule has 2 unspecified atom stereocenters. The van der Waals surface area contributed by atoms with Gasteiger partial charge in [-0.05, 0) is 24.3 Å².